The molecule has 0 N–H and O–H groups in total. The van der Waals surface area contributed by atoms with Crippen LogP contribution in [0.15, 0.2) is 6.33 Å². The van der Waals surface area contributed by atoms with E-state index in [1.807, 2.05) is 6.92 Å². The van der Waals surface area contributed by atoms with Crippen LogP contribution in [0.1, 0.15) is 5.69 Å². The summed E-state index contributed by atoms with van der Waals surface area (Å²) in [5.41, 5.74) is 0.830. The molecule has 0 saturated carbocycles. The van der Waals surface area contributed by atoms with E-state index in [9.17, 15) is 0 Å². The van der Waals surface area contributed by atoms with Gasteiger partial charge in [-0.25, -0.2) is 9.97 Å². The minimum absolute atomic E-state index is 0.651. The van der Waals surface area contributed by atoms with Crippen molar-refractivity contribution in [2.24, 2.45) is 0 Å². The number of hydrogen-bond acceptors (Lipinski definition) is 2. The normalized spacial score (nSPS) is 9.67. The summed E-state index contributed by atoms with van der Waals surface area (Å²) in [6.07, 6.45) is 1.50. The molecule has 9 heavy (non-hydrogen) atoms. The van der Waals surface area contributed by atoms with Crippen molar-refractivity contribution in [2.45, 2.75) is 6.92 Å². The van der Waals surface area contributed by atoms with E-state index < -0.39 is 0 Å². The number of aryl methyl sites for hydroxylation is 1. The lowest BCUT2D eigenvalue weighted by atomic mass is 10.5. The summed E-state index contributed by atoms with van der Waals surface area (Å²) >= 11 is 7.81. The van der Waals surface area contributed by atoms with Gasteiger partial charge in [-0.1, -0.05) is 11.6 Å². The maximum absolute atomic E-state index is 5.75. The Labute approximate surface area is 71.8 Å². The summed E-state index contributed by atoms with van der Waals surface area (Å²) in [6.45, 7) is 1.85. The first-order chi connectivity index (χ1) is 4.22. The average Bonchev–Trinajstić information content (AvgIpc) is 1.83. The van der Waals surface area contributed by atoms with E-state index in [0.29, 0.717) is 5.02 Å². The molecule has 0 aliphatic heterocycles. The molecule has 48 valence electrons. The number of nitrogens with zero attached hydrogens (tertiary/aromatic N) is 2. The molecule has 4 heteroatoms. The zero-order valence-corrected chi connectivity index (χ0v) is 7.64. The minimum atomic E-state index is 0.651. The summed E-state index contributed by atoms with van der Waals surface area (Å²) in [6, 6.07) is 0. The fourth-order valence-electron chi connectivity index (χ4n) is 0.429. The summed E-state index contributed by atoms with van der Waals surface area (Å²) in [7, 11) is 0. The van der Waals surface area contributed by atoms with Crippen molar-refractivity contribution in [3.05, 3.63) is 20.7 Å². The number of hydrogen-bond donors (Lipinski definition) is 0. The lowest BCUT2D eigenvalue weighted by Crippen LogP contribution is -1.88. The molecular weight excluding hydrogens is 250 g/mol. The Morgan fingerprint density at radius 2 is 2.22 bits per heavy atom. The summed E-state index contributed by atoms with van der Waals surface area (Å²) in [5, 5.41) is 0.651. The van der Waals surface area contributed by atoms with Crippen LogP contribution in [0.4, 0.5) is 0 Å². The van der Waals surface area contributed by atoms with E-state index in [2.05, 4.69) is 32.6 Å². The minimum Gasteiger partial charge on any atom is -0.240 e. The fourth-order valence-corrected chi connectivity index (χ4v) is 1.04. The second kappa shape index (κ2) is 2.79. The largest absolute Gasteiger partial charge is 0.240 e. The fraction of sp³-hybridized carbons (Fsp3) is 0.200. The molecule has 0 atom stereocenters. The molecule has 2 nitrogen and oxygen atoms in total. The SMILES string of the molecule is Cc1ncnc(I)c1Cl. The monoisotopic (exact) mass is 254 g/mol. The highest BCUT2D eigenvalue weighted by Gasteiger charge is 1.99. The number of rotatable bonds is 0. The highest BCUT2D eigenvalue weighted by molar-refractivity contribution is 14.1. The highest BCUT2D eigenvalue weighted by Crippen LogP contribution is 2.16. The lowest BCUT2D eigenvalue weighted by Gasteiger charge is -1.94. The molecule has 0 aromatic carbocycles. The van der Waals surface area contributed by atoms with Crippen LogP contribution in [0.5, 0.6) is 0 Å². The molecule has 0 unspecified atom stereocenters. The van der Waals surface area contributed by atoms with E-state index >= 15 is 0 Å². The smallest absolute Gasteiger partial charge is 0.123 e. The van der Waals surface area contributed by atoms with Gasteiger partial charge in [0.05, 0.1) is 10.7 Å². The Morgan fingerprint density at radius 3 is 2.67 bits per heavy atom. The van der Waals surface area contributed by atoms with Crippen molar-refractivity contribution in [3.8, 4) is 0 Å². The first-order valence-corrected chi connectivity index (χ1v) is 3.80. The maximum atomic E-state index is 5.75. The van der Waals surface area contributed by atoms with E-state index in [1.165, 1.54) is 6.33 Å². The summed E-state index contributed by atoms with van der Waals surface area (Å²) in [4.78, 5) is 7.77. The van der Waals surface area contributed by atoms with Crippen LogP contribution >= 0.6 is 34.2 Å². The van der Waals surface area contributed by atoms with Crippen LogP contribution in [0.25, 0.3) is 0 Å². The van der Waals surface area contributed by atoms with Crippen molar-refractivity contribution in [1.82, 2.24) is 9.97 Å². The van der Waals surface area contributed by atoms with Crippen LogP contribution in [0.3, 0.4) is 0 Å². The van der Waals surface area contributed by atoms with Crippen molar-refractivity contribution >= 4 is 34.2 Å². The van der Waals surface area contributed by atoms with Crippen molar-refractivity contribution in [2.75, 3.05) is 0 Å². The first kappa shape index (κ1) is 7.21. The van der Waals surface area contributed by atoms with Crippen LogP contribution < -0.4 is 0 Å². The van der Waals surface area contributed by atoms with Gasteiger partial charge in [0.15, 0.2) is 0 Å². The molecule has 0 radical (unpaired) electrons. The standard InChI is InChI=1S/C5H4ClIN2/c1-3-4(6)5(7)9-2-8-3/h2H,1H3. The third-order valence-corrected chi connectivity index (χ3v) is 2.51. The van der Waals surface area contributed by atoms with E-state index in [1.54, 1.807) is 0 Å². The van der Waals surface area contributed by atoms with Gasteiger partial charge in [-0.2, -0.15) is 0 Å². The second-order valence-electron chi connectivity index (χ2n) is 1.56. The van der Waals surface area contributed by atoms with Crippen molar-refractivity contribution < 1.29 is 0 Å². The molecule has 0 aliphatic carbocycles. The quantitative estimate of drug-likeness (QED) is 0.523. The van der Waals surface area contributed by atoms with Gasteiger partial charge in [-0.3, -0.25) is 0 Å². The number of halogens is 2. The van der Waals surface area contributed by atoms with Gasteiger partial charge in [-0.05, 0) is 29.5 Å². The van der Waals surface area contributed by atoms with Crippen LogP contribution in [0, 0.1) is 10.6 Å². The third kappa shape index (κ3) is 1.52. The predicted octanol–water partition coefficient (Wildman–Crippen LogP) is 2.04. The van der Waals surface area contributed by atoms with Gasteiger partial charge in [0, 0.05) is 0 Å². The summed E-state index contributed by atoms with van der Waals surface area (Å²) in [5.74, 6) is 0. The van der Waals surface area contributed by atoms with Gasteiger partial charge in [0.25, 0.3) is 0 Å². The van der Waals surface area contributed by atoms with Crippen LogP contribution in [-0.2, 0) is 0 Å². The van der Waals surface area contributed by atoms with Crippen LogP contribution in [0.2, 0.25) is 5.02 Å². The Bertz CT molecular complexity index is 206. The molecule has 0 spiro atoms. The van der Waals surface area contributed by atoms with Gasteiger partial charge in [-0.15, -0.1) is 0 Å². The molecule has 0 aliphatic rings. The maximum Gasteiger partial charge on any atom is 0.123 e. The lowest BCUT2D eigenvalue weighted by molar-refractivity contribution is 1.08. The van der Waals surface area contributed by atoms with Gasteiger partial charge < -0.3 is 0 Å². The molecule has 1 heterocycles. The van der Waals surface area contributed by atoms with E-state index in [4.69, 9.17) is 11.6 Å². The third-order valence-electron chi connectivity index (χ3n) is 0.921. The Hall–Kier alpha value is 0.1000. The zero-order valence-electron chi connectivity index (χ0n) is 4.73. The molecule has 1 rings (SSSR count). The number of aromatic nitrogens is 2. The first-order valence-electron chi connectivity index (χ1n) is 2.34. The predicted molar refractivity (Wildman–Crippen MR) is 44.5 cm³/mol. The van der Waals surface area contributed by atoms with Crippen LogP contribution in [-0.4, -0.2) is 9.97 Å². The van der Waals surface area contributed by atoms with E-state index in [-0.39, 0.29) is 0 Å². The Balaban J connectivity index is 3.25. The second-order valence-corrected chi connectivity index (χ2v) is 2.96. The molecule has 1 aromatic heterocycles. The van der Waals surface area contributed by atoms with Gasteiger partial charge in [0.1, 0.15) is 10.0 Å². The molecule has 1 aromatic rings. The van der Waals surface area contributed by atoms with Crippen molar-refractivity contribution in [3.63, 3.8) is 0 Å². The van der Waals surface area contributed by atoms with Gasteiger partial charge >= 0.3 is 0 Å². The molecule has 0 bridgehead atoms. The highest BCUT2D eigenvalue weighted by atomic mass is 127. The summed E-state index contributed by atoms with van der Waals surface area (Å²) < 4.78 is 0.807. The van der Waals surface area contributed by atoms with Gasteiger partial charge in [0.2, 0.25) is 0 Å². The zero-order chi connectivity index (χ0) is 6.85. The molecular formula is C5H4ClIN2. The van der Waals surface area contributed by atoms with Crippen molar-refractivity contribution in [1.29, 1.82) is 0 Å². The van der Waals surface area contributed by atoms with E-state index in [0.717, 1.165) is 9.39 Å². The Kier molecular flexibility index (Phi) is 2.23. The topological polar surface area (TPSA) is 25.8 Å². The molecule has 0 saturated heterocycles. The Morgan fingerprint density at radius 1 is 1.56 bits per heavy atom. The average molecular weight is 254 g/mol. The molecule has 0 amide bonds. The molecule has 0 fully saturated rings.